The van der Waals surface area contributed by atoms with Gasteiger partial charge in [-0.2, -0.15) is 0 Å². The Morgan fingerprint density at radius 2 is 0.566 bits per heavy atom. The average molecular weight is 971 g/mol. The highest BCUT2D eigenvalue weighted by molar-refractivity contribution is 6.00. The molecule has 1 aliphatic rings. The second-order valence-corrected chi connectivity index (χ2v) is 19.6. The van der Waals surface area contributed by atoms with Crippen LogP contribution in [0.3, 0.4) is 0 Å². The van der Waals surface area contributed by atoms with Crippen LogP contribution in [0.1, 0.15) is 27.8 Å². The maximum Gasteiger partial charge on any atom is 0.0714 e. The van der Waals surface area contributed by atoms with Gasteiger partial charge in [-0.25, -0.2) is 0 Å². The third kappa shape index (κ3) is 8.09. The molecule has 0 fully saturated rings. The van der Waals surface area contributed by atoms with Gasteiger partial charge in [-0.3, -0.25) is 0 Å². The van der Waals surface area contributed by atoms with E-state index >= 15 is 0 Å². The van der Waals surface area contributed by atoms with E-state index in [4.69, 9.17) is 0 Å². The summed E-state index contributed by atoms with van der Waals surface area (Å²) in [6.07, 6.45) is 0. The van der Waals surface area contributed by atoms with Crippen LogP contribution in [0.25, 0.3) is 55.6 Å². The summed E-state index contributed by atoms with van der Waals surface area (Å²) in [5.74, 6) is 0. The van der Waals surface area contributed by atoms with Gasteiger partial charge in [0, 0.05) is 34.0 Å². The molecule has 2 nitrogen and oxygen atoms in total. The van der Waals surface area contributed by atoms with Crippen molar-refractivity contribution in [2.75, 3.05) is 9.80 Å². The number of rotatable bonds is 12. The van der Waals surface area contributed by atoms with Gasteiger partial charge in [0.05, 0.1) is 11.1 Å². The van der Waals surface area contributed by atoms with Crippen molar-refractivity contribution < 1.29 is 0 Å². The van der Waals surface area contributed by atoms with Gasteiger partial charge in [-0.15, -0.1) is 0 Å². The van der Waals surface area contributed by atoms with Gasteiger partial charge in [-0.05, 0) is 164 Å². The molecule has 0 spiro atoms. The maximum atomic E-state index is 2.46. The van der Waals surface area contributed by atoms with Crippen molar-refractivity contribution in [2.24, 2.45) is 0 Å². The van der Waals surface area contributed by atoms with Crippen LogP contribution >= 0.6 is 0 Å². The smallest absolute Gasteiger partial charge is 0.0714 e. The fourth-order valence-corrected chi connectivity index (χ4v) is 11.9. The molecule has 1 aliphatic carbocycles. The molecular formula is C74H54N2. The standard InChI is InChI=1S/C74H54N2/c1-53-25-23-40-69-72(53)73-70(74(69,58-30-13-4-14-31-58)59-32-15-5-16-33-59)41-24-42-71(73)76(62-38-21-8-22-39-62)64-49-45-57(46-50-64)68-52-65(54-26-9-2-10-27-54)67(51-66(68)55-28-11-3-12-29-55)56-43-47-63(48-44-56)75(60-34-17-6-18-35-60)61-36-19-7-20-37-61/h2-52H,1H3. The molecule has 0 radical (unpaired) electrons. The van der Waals surface area contributed by atoms with Crippen LogP contribution in [-0.2, 0) is 5.41 Å². The Morgan fingerprint density at radius 1 is 0.250 bits per heavy atom. The lowest BCUT2D eigenvalue weighted by molar-refractivity contribution is 0.768. The van der Waals surface area contributed by atoms with E-state index in [0.29, 0.717) is 0 Å². The Balaban J connectivity index is 0.968. The monoisotopic (exact) mass is 970 g/mol. The molecule has 0 aromatic heterocycles. The lowest BCUT2D eigenvalue weighted by Crippen LogP contribution is -2.28. The topological polar surface area (TPSA) is 6.48 Å². The van der Waals surface area contributed by atoms with E-state index in [2.05, 4.69) is 326 Å². The van der Waals surface area contributed by atoms with Gasteiger partial charge in [0.2, 0.25) is 0 Å². The summed E-state index contributed by atoms with van der Waals surface area (Å²) in [6.45, 7) is 2.27. The minimum atomic E-state index is -0.523. The molecule has 12 aromatic rings. The molecule has 76 heavy (non-hydrogen) atoms. The largest absolute Gasteiger partial charge is 0.311 e. The lowest BCUT2D eigenvalue weighted by Gasteiger charge is -2.34. The molecule has 0 heterocycles. The molecule has 0 aliphatic heterocycles. The Labute approximate surface area is 446 Å². The molecular weight excluding hydrogens is 917 g/mol. The first kappa shape index (κ1) is 46.1. The second kappa shape index (κ2) is 19.9. The third-order valence-corrected chi connectivity index (χ3v) is 15.3. The highest BCUT2D eigenvalue weighted by Gasteiger charge is 2.48. The van der Waals surface area contributed by atoms with Gasteiger partial charge in [-0.1, -0.05) is 231 Å². The van der Waals surface area contributed by atoms with Crippen LogP contribution in [0.2, 0.25) is 0 Å². The Hall–Kier alpha value is -9.76. The van der Waals surface area contributed by atoms with Crippen molar-refractivity contribution in [3.05, 3.63) is 337 Å². The summed E-state index contributed by atoms with van der Waals surface area (Å²) >= 11 is 0. The molecule has 0 N–H and O–H groups in total. The molecule has 0 atom stereocenters. The SMILES string of the molecule is Cc1cccc2c1-c1c(N(c3ccccc3)c3ccc(-c4cc(-c5ccccc5)c(-c5ccc(N(c6ccccc6)c6ccccc6)cc5)cc4-c4ccccc4)cc3)cccc1C2(c1ccccc1)c1ccccc1. The summed E-state index contributed by atoms with van der Waals surface area (Å²) in [4.78, 5) is 4.78. The fourth-order valence-electron chi connectivity index (χ4n) is 11.9. The predicted octanol–water partition coefficient (Wildman–Crippen LogP) is 20.0. The highest BCUT2D eigenvalue weighted by atomic mass is 15.1. The fraction of sp³-hybridized carbons (Fsp3) is 0.0270. The van der Waals surface area contributed by atoms with Gasteiger partial charge in [0.25, 0.3) is 0 Å². The summed E-state index contributed by atoms with van der Waals surface area (Å²) in [7, 11) is 0. The molecule has 2 heteroatoms. The Bertz CT molecular complexity index is 3860. The third-order valence-electron chi connectivity index (χ3n) is 15.3. The number of anilines is 6. The van der Waals surface area contributed by atoms with Crippen molar-refractivity contribution in [3.63, 3.8) is 0 Å². The van der Waals surface area contributed by atoms with E-state index in [1.807, 2.05) is 0 Å². The molecule has 0 saturated carbocycles. The summed E-state index contributed by atoms with van der Waals surface area (Å²) in [6, 6.07) is 113. The van der Waals surface area contributed by atoms with E-state index < -0.39 is 5.41 Å². The van der Waals surface area contributed by atoms with Crippen LogP contribution in [0, 0.1) is 6.92 Å². The van der Waals surface area contributed by atoms with E-state index in [-0.39, 0.29) is 0 Å². The van der Waals surface area contributed by atoms with E-state index in [0.717, 1.165) is 45.3 Å². The first-order valence-corrected chi connectivity index (χ1v) is 26.3. The summed E-state index contributed by atoms with van der Waals surface area (Å²) in [5.41, 5.74) is 24.3. The number of benzene rings is 12. The molecule has 0 bridgehead atoms. The normalized spacial score (nSPS) is 12.1. The zero-order valence-corrected chi connectivity index (χ0v) is 42.3. The van der Waals surface area contributed by atoms with Crippen molar-refractivity contribution >= 4 is 34.1 Å². The second-order valence-electron chi connectivity index (χ2n) is 19.6. The minimum Gasteiger partial charge on any atom is -0.311 e. The first-order valence-electron chi connectivity index (χ1n) is 26.3. The number of nitrogens with zero attached hydrogens (tertiary/aromatic N) is 2. The van der Waals surface area contributed by atoms with Gasteiger partial charge in [0.1, 0.15) is 0 Å². The van der Waals surface area contributed by atoms with Crippen molar-refractivity contribution in [1.82, 2.24) is 0 Å². The van der Waals surface area contributed by atoms with E-state index in [9.17, 15) is 0 Å². The van der Waals surface area contributed by atoms with E-state index in [1.54, 1.807) is 0 Å². The molecule has 360 valence electrons. The van der Waals surface area contributed by atoms with E-state index in [1.165, 1.54) is 72.3 Å². The van der Waals surface area contributed by atoms with Crippen molar-refractivity contribution in [1.29, 1.82) is 0 Å². The lowest BCUT2D eigenvalue weighted by atomic mass is 9.67. The minimum absolute atomic E-state index is 0.523. The zero-order valence-electron chi connectivity index (χ0n) is 42.3. The van der Waals surface area contributed by atoms with Gasteiger partial charge >= 0.3 is 0 Å². The maximum absolute atomic E-state index is 2.46. The van der Waals surface area contributed by atoms with Crippen molar-refractivity contribution in [3.8, 4) is 55.6 Å². The highest BCUT2D eigenvalue weighted by Crippen LogP contribution is 2.60. The van der Waals surface area contributed by atoms with Crippen molar-refractivity contribution in [2.45, 2.75) is 12.3 Å². The quantitative estimate of drug-likeness (QED) is 0.120. The molecule has 0 amide bonds. The number of para-hydroxylation sites is 3. The van der Waals surface area contributed by atoms with Gasteiger partial charge < -0.3 is 9.80 Å². The molecule has 12 aromatic carbocycles. The summed E-state index contributed by atoms with van der Waals surface area (Å²) < 4.78 is 0. The number of aryl methyl sites for hydroxylation is 1. The van der Waals surface area contributed by atoms with Gasteiger partial charge in [0.15, 0.2) is 0 Å². The predicted molar refractivity (Wildman–Crippen MR) is 320 cm³/mol. The van der Waals surface area contributed by atoms with Crippen LogP contribution in [0.4, 0.5) is 34.1 Å². The zero-order chi connectivity index (χ0) is 50.8. The van der Waals surface area contributed by atoms with Crippen LogP contribution in [0.5, 0.6) is 0 Å². The first-order chi connectivity index (χ1) is 37.6. The number of hydrogen-bond donors (Lipinski definition) is 0. The molecule has 13 rings (SSSR count). The van der Waals surface area contributed by atoms with Crippen LogP contribution in [-0.4, -0.2) is 0 Å². The molecule has 0 saturated heterocycles. The Kier molecular flexibility index (Phi) is 12.1. The Morgan fingerprint density at radius 3 is 0.987 bits per heavy atom. The summed E-state index contributed by atoms with van der Waals surface area (Å²) in [5, 5.41) is 0. The molecule has 0 unspecified atom stereocenters. The number of fused-ring (bicyclic) bond motifs is 3. The average Bonchev–Trinajstić information content (AvgIpc) is 4.01. The van der Waals surface area contributed by atoms with Crippen LogP contribution < -0.4 is 9.80 Å². The number of hydrogen-bond acceptors (Lipinski definition) is 2. The van der Waals surface area contributed by atoms with Crippen LogP contribution in [0.15, 0.2) is 309 Å².